The van der Waals surface area contributed by atoms with Gasteiger partial charge in [0.2, 0.25) is 0 Å². The lowest BCUT2D eigenvalue weighted by Crippen LogP contribution is -3.11. The first kappa shape index (κ1) is 21.1. The van der Waals surface area contributed by atoms with Gasteiger partial charge >= 0.3 is 0 Å². The lowest BCUT2D eigenvalue weighted by Gasteiger charge is -2.35. The zero-order chi connectivity index (χ0) is 22.4. The third kappa shape index (κ3) is 3.31. The molecule has 4 unspecified atom stereocenters. The van der Waals surface area contributed by atoms with E-state index in [1.807, 2.05) is 0 Å². The van der Waals surface area contributed by atoms with Crippen LogP contribution in [0.2, 0.25) is 0 Å². The second-order valence-electron chi connectivity index (χ2n) is 9.38. The Bertz CT molecular complexity index is 1010. The van der Waals surface area contributed by atoms with Crippen LogP contribution in [0.15, 0.2) is 48.5 Å². The first-order chi connectivity index (χ1) is 15.5. The maximum atomic E-state index is 5.43. The number of likely N-dealkylation sites (N-methyl/N-ethyl adjacent to an activating group) is 2. The van der Waals surface area contributed by atoms with Crippen LogP contribution in [0.3, 0.4) is 0 Å². The van der Waals surface area contributed by atoms with Gasteiger partial charge in [-0.2, -0.15) is 0 Å². The molecule has 2 aromatic carbocycles. The van der Waals surface area contributed by atoms with Crippen LogP contribution in [0.5, 0.6) is 11.5 Å². The van der Waals surface area contributed by atoms with E-state index < -0.39 is 0 Å². The number of benzene rings is 2. The standard InChI is InChI=1S/C27H33N3O2/c1-28-16-14-22-24(26(28)18-6-10-20(31-4)11-7-18)25-23(30(22)3)15-17-29(2)27(25)19-8-12-21(32-5)13-9-19/h6-13,26-27H,14-17H2,1-5H3/p+2. The molecule has 0 spiro atoms. The highest BCUT2D eigenvalue weighted by Crippen LogP contribution is 2.39. The summed E-state index contributed by atoms with van der Waals surface area (Å²) in [5.41, 5.74) is 8.89. The molecule has 0 aliphatic carbocycles. The molecule has 0 radical (unpaired) electrons. The summed E-state index contributed by atoms with van der Waals surface area (Å²) in [6.45, 7) is 2.30. The quantitative estimate of drug-likeness (QED) is 0.651. The molecule has 3 heterocycles. The third-order valence-electron chi connectivity index (χ3n) is 7.70. The fraction of sp³-hybridized carbons (Fsp3) is 0.407. The second kappa shape index (κ2) is 8.30. The van der Waals surface area contributed by atoms with Crippen molar-refractivity contribution < 1.29 is 19.3 Å². The molecule has 0 fully saturated rings. The fourth-order valence-electron chi connectivity index (χ4n) is 5.99. The number of fused-ring (bicyclic) bond motifs is 3. The van der Waals surface area contributed by atoms with Crippen molar-refractivity contribution >= 4 is 0 Å². The molecule has 168 valence electrons. The molecular formula is C27H35N3O2+2. The van der Waals surface area contributed by atoms with Crippen molar-refractivity contribution in [1.29, 1.82) is 0 Å². The number of quaternary nitrogens is 2. The van der Waals surface area contributed by atoms with Crippen LogP contribution >= 0.6 is 0 Å². The van der Waals surface area contributed by atoms with Gasteiger partial charge in [0.05, 0.1) is 41.4 Å². The summed E-state index contributed by atoms with van der Waals surface area (Å²) in [4.78, 5) is 3.13. The van der Waals surface area contributed by atoms with Crippen LogP contribution in [0.25, 0.3) is 0 Å². The molecule has 0 bridgehead atoms. The predicted octanol–water partition coefficient (Wildman–Crippen LogP) is 1.36. The first-order valence-electron chi connectivity index (χ1n) is 11.7. The molecule has 0 saturated carbocycles. The van der Waals surface area contributed by atoms with Crippen molar-refractivity contribution in [2.75, 3.05) is 41.4 Å². The third-order valence-corrected chi connectivity index (χ3v) is 7.70. The van der Waals surface area contributed by atoms with Gasteiger partial charge in [0, 0.05) is 53.5 Å². The Labute approximate surface area is 191 Å². The van der Waals surface area contributed by atoms with Crippen LogP contribution < -0.4 is 19.3 Å². The number of methoxy groups -OCH3 is 2. The Morgan fingerprint density at radius 1 is 0.688 bits per heavy atom. The van der Waals surface area contributed by atoms with Gasteiger partial charge < -0.3 is 23.8 Å². The van der Waals surface area contributed by atoms with E-state index >= 15 is 0 Å². The molecule has 5 heteroatoms. The summed E-state index contributed by atoms with van der Waals surface area (Å²) in [6, 6.07) is 18.1. The normalized spacial score (nSPS) is 24.5. The van der Waals surface area contributed by atoms with Gasteiger partial charge in [-0.15, -0.1) is 0 Å². The SMILES string of the molecule is COc1ccc(C2c3c4c(n(C)c3CC[NH+]2C)CC[NH+](C)C4c2ccc(OC)cc2)cc1. The molecule has 2 N–H and O–H groups in total. The van der Waals surface area contributed by atoms with E-state index in [1.54, 1.807) is 35.1 Å². The Balaban J connectivity index is 1.69. The van der Waals surface area contributed by atoms with Gasteiger partial charge in [0.15, 0.2) is 0 Å². The highest BCUT2D eigenvalue weighted by atomic mass is 16.5. The average molecular weight is 434 g/mol. The minimum Gasteiger partial charge on any atom is -0.497 e. The van der Waals surface area contributed by atoms with Crippen molar-refractivity contribution in [1.82, 2.24) is 4.57 Å². The molecule has 0 amide bonds. The maximum absolute atomic E-state index is 5.43. The van der Waals surface area contributed by atoms with Gasteiger partial charge in [-0.3, -0.25) is 0 Å². The maximum Gasteiger partial charge on any atom is 0.141 e. The first-order valence-corrected chi connectivity index (χ1v) is 11.7. The largest absolute Gasteiger partial charge is 0.497 e. The zero-order valence-electron chi connectivity index (χ0n) is 19.9. The van der Waals surface area contributed by atoms with Crippen LogP contribution in [0.4, 0.5) is 0 Å². The van der Waals surface area contributed by atoms with E-state index in [0.29, 0.717) is 12.1 Å². The van der Waals surface area contributed by atoms with Crippen molar-refractivity contribution in [3.05, 3.63) is 82.2 Å². The number of nitrogens with zero attached hydrogens (tertiary/aromatic N) is 1. The monoisotopic (exact) mass is 433 g/mol. The molecular weight excluding hydrogens is 398 g/mol. The van der Waals surface area contributed by atoms with Gasteiger partial charge in [-0.05, 0) is 48.5 Å². The van der Waals surface area contributed by atoms with E-state index in [2.05, 4.69) is 74.2 Å². The molecule has 1 aromatic heterocycles. The molecule has 2 aliphatic rings. The van der Waals surface area contributed by atoms with Crippen molar-refractivity contribution in [3.63, 3.8) is 0 Å². The summed E-state index contributed by atoms with van der Waals surface area (Å²) in [5, 5.41) is 0. The fourth-order valence-corrected chi connectivity index (χ4v) is 5.99. The molecule has 2 aliphatic heterocycles. The van der Waals surface area contributed by atoms with E-state index in [1.165, 1.54) is 22.5 Å². The van der Waals surface area contributed by atoms with Crippen molar-refractivity contribution in [2.24, 2.45) is 7.05 Å². The van der Waals surface area contributed by atoms with Gasteiger partial charge in [-0.25, -0.2) is 0 Å². The Kier molecular flexibility index (Phi) is 5.48. The Hall–Kier alpha value is -2.76. The highest BCUT2D eigenvalue weighted by Gasteiger charge is 2.43. The Morgan fingerprint density at radius 3 is 1.41 bits per heavy atom. The minimum atomic E-state index is 0.339. The molecule has 0 saturated heterocycles. The predicted molar refractivity (Wildman–Crippen MR) is 126 cm³/mol. The van der Waals surface area contributed by atoms with Gasteiger partial charge in [-0.1, -0.05) is 0 Å². The summed E-state index contributed by atoms with van der Waals surface area (Å²) in [7, 11) is 10.4. The number of aromatic nitrogens is 1. The molecule has 4 atom stereocenters. The second-order valence-corrected chi connectivity index (χ2v) is 9.38. The summed E-state index contributed by atoms with van der Waals surface area (Å²) in [6.07, 6.45) is 2.26. The van der Waals surface area contributed by atoms with Gasteiger partial charge in [0.25, 0.3) is 0 Å². The number of ether oxygens (including phenoxy) is 2. The molecule has 32 heavy (non-hydrogen) atoms. The smallest absolute Gasteiger partial charge is 0.141 e. The van der Waals surface area contributed by atoms with Crippen molar-refractivity contribution in [3.8, 4) is 11.5 Å². The molecule has 5 rings (SSSR count). The van der Waals surface area contributed by atoms with E-state index in [0.717, 1.165) is 37.4 Å². The summed E-state index contributed by atoms with van der Waals surface area (Å²) < 4.78 is 13.4. The van der Waals surface area contributed by atoms with Gasteiger partial charge in [0.1, 0.15) is 23.6 Å². The minimum absolute atomic E-state index is 0.339. The van der Waals surface area contributed by atoms with E-state index in [-0.39, 0.29) is 0 Å². The average Bonchev–Trinajstić information content (AvgIpc) is 3.11. The van der Waals surface area contributed by atoms with E-state index in [4.69, 9.17) is 9.47 Å². The van der Waals surface area contributed by atoms with E-state index in [9.17, 15) is 0 Å². The van der Waals surface area contributed by atoms with Crippen LogP contribution in [-0.4, -0.2) is 46.0 Å². The van der Waals surface area contributed by atoms with Crippen LogP contribution in [0.1, 0.15) is 45.7 Å². The summed E-state index contributed by atoms with van der Waals surface area (Å²) in [5.74, 6) is 1.83. The van der Waals surface area contributed by atoms with Crippen molar-refractivity contribution in [2.45, 2.75) is 24.9 Å². The number of rotatable bonds is 4. The zero-order valence-corrected chi connectivity index (χ0v) is 19.9. The summed E-state index contributed by atoms with van der Waals surface area (Å²) >= 11 is 0. The number of hydrogen-bond acceptors (Lipinski definition) is 2. The number of nitrogens with one attached hydrogen (secondary N) is 2. The van der Waals surface area contributed by atoms with Crippen LogP contribution in [-0.2, 0) is 19.9 Å². The Morgan fingerprint density at radius 2 is 1.06 bits per heavy atom. The topological polar surface area (TPSA) is 32.3 Å². The lowest BCUT2D eigenvalue weighted by atomic mass is 9.83. The molecule has 3 aromatic rings. The molecule has 5 nitrogen and oxygen atoms in total. The van der Waals surface area contributed by atoms with Crippen LogP contribution in [0, 0.1) is 0 Å². The number of hydrogen-bond donors (Lipinski definition) is 2. The lowest BCUT2D eigenvalue weighted by molar-refractivity contribution is -0.912. The highest BCUT2D eigenvalue weighted by molar-refractivity contribution is 5.50.